The van der Waals surface area contributed by atoms with Crippen molar-refractivity contribution in [2.75, 3.05) is 0 Å². The molecule has 4 rings (SSSR count). The fraction of sp³-hybridized carbons (Fsp3) is 0.280. The number of thioether (sulfide) groups is 1. The molecule has 0 unspecified atom stereocenters. The lowest BCUT2D eigenvalue weighted by atomic mass is 10.0. The quantitative estimate of drug-likeness (QED) is 0.319. The molecule has 1 N–H and O–H groups in total. The summed E-state index contributed by atoms with van der Waals surface area (Å²) in [4.78, 5) is 21.8. The number of carboxylic acid groups (broad SMARTS) is 1. The summed E-state index contributed by atoms with van der Waals surface area (Å²) in [5, 5.41) is 15.7. The van der Waals surface area contributed by atoms with Gasteiger partial charge in [0.05, 0.1) is 15.6 Å². The predicted octanol–water partition coefficient (Wildman–Crippen LogP) is 6.49. The Morgan fingerprint density at radius 1 is 1.03 bits per heavy atom. The molecule has 0 saturated heterocycles. The summed E-state index contributed by atoms with van der Waals surface area (Å²) in [6.07, 6.45) is 0. The second kappa shape index (κ2) is 9.11. The van der Waals surface area contributed by atoms with Crippen LogP contribution in [-0.2, 0) is 0 Å². The minimum absolute atomic E-state index is 0.114. The number of hydrogen-bond donors (Lipinski definition) is 1. The van der Waals surface area contributed by atoms with Gasteiger partial charge in [-0.1, -0.05) is 48.9 Å². The molecule has 0 radical (unpaired) electrons. The summed E-state index contributed by atoms with van der Waals surface area (Å²) in [6, 6.07) is 12.0. The summed E-state index contributed by atoms with van der Waals surface area (Å²) < 4.78 is 2.53. The maximum atomic E-state index is 12.5. The number of benzene rings is 1. The highest BCUT2D eigenvalue weighted by atomic mass is 32.2. The highest BCUT2D eigenvalue weighted by Crippen LogP contribution is 2.41. The van der Waals surface area contributed by atoms with E-state index in [4.69, 9.17) is 4.98 Å². The number of aromatic nitrogens is 4. The molecule has 3 heterocycles. The lowest BCUT2D eigenvalue weighted by molar-refractivity contribution is 0.0688. The molecule has 0 aliphatic carbocycles. The number of nitrogens with zero attached hydrogens (tertiary/aromatic N) is 4. The third-order valence-electron chi connectivity index (χ3n) is 5.03. The maximum absolute atomic E-state index is 12.5. The van der Waals surface area contributed by atoms with Gasteiger partial charge in [-0.3, -0.25) is 4.98 Å². The number of carbonyl (C=O) groups is 1. The molecule has 3 aromatic heterocycles. The maximum Gasteiger partial charge on any atom is 0.355 e. The Kier molecular flexibility index (Phi) is 6.41. The first-order valence-electron chi connectivity index (χ1n) is 10.7. The molecule has 170 valence electrons. The molecule has 6 nitrogen and oxygen atoms in total. The minimum Gasteiger partial charge on any atom is -0.476 e. The highest BCUT2D eigenvalue weighted by Gasteiger charge is 2.27. The molecule has 0 saturated carbocycles. The molecule has 0 fully saturated rings. The average molecular weight is 479 g/mol. The first-order chi connectivity index (χ1) is 15.6. The van der Waals surface area contributed by atoms with Gasteiger partial charge in [0.25, 0.3) is 0 Å². The smallest absolute Gasteiger partial charge is 0.355 e. The van der Waals surface area contributed by atoms with Crippen molar-refractivity contribution in [3.05, 3.63) is 64.7 Å². The molecule has 0 spiro atoms. The van der Waals surface area contributed by atoms with Gasteiger partial charge in [-0.2, -0.15) is 9.78 Å². The van der Waals surface area contributed by atoms with Crippen molar-refractivity contribution in [2.24, 2.45) is 0 Å². The zero-order valence-corrected chi connectivity index (χ0v) is 21.1. The van der Waals surface area contributed by atoms with E-state index in [1.807, 2.05) is 45.0 Å². The molecule has 33 heavy (non-hydrogen) atoms. The zero-order chi connectivity index (χ0) is 23.9. The summed E-state index contributed by atoms with van der Waals surface area (Å²) in [7, 11) is 0. The van der Waals surface area contributed by atoms with Gasteiger partial charge in [-0.15, -0.1) is 11.8 Å². The van der Waals surface area contributed by atoms with E-state index in [1.165, 1.54) is 16.0 Å². The number of pyridine rings is 1. The molecular formula is C25H26N4O2S2. The van der Waals surface area contributed by atoms with Gasteiger partial charge in [0.1, 0.15) is 0 Å². The molecule has 4 aromatic rings. The van der Waals surface area contributed by atoms with Gasteiger partial charge >= 0.3 is 5.97 Å². The summed E-state index contributed by atoms with van der Waals surface area (Å²) >= 11 is 3.20. The first-order valence-corrected chi connectivity index (χ1v) is 12.4. The van der Waals surface area contributed by atoms with Crippen LogP contribution in [0.5, 0.6) is 0 Å². The van der Waals surface area contributed by atoms with Crippen molar-refractivity contribution in [2.45, 2.75) is 51.0 Å². The van der Waals surface area contributed by atoms with E-state index < -0.39 is 5.97 Å². The Balaban J connectivity index is 1.93. The fourth-order valence-electron chi connectivity index (χ4n) is 3.84. The van der Waals surface area contributed by atoms with Crippen LogP contribution in [-0.4, -0.2) is 36.1 Å². The van der Waals surface area contributed by atoms with E-state index in [1.54, 1.807) is 11.8 Å². The largest absolute Gasteiger partial charge is 0.476 e. The third kappa shape index (κ3) is 4.72. The van der Waals surface area contributed by atoms with Crippen LogP contribution in [0.2, 0.25) is 0 Å². The van der Waals surface area contributed by atoms with Gasteiger partial charge < -0.3 is 5.11 Å². The molecule has 0 atom stereocenters. The first kappa shape index (κ1) is 23.2. The second-order valence-corrected chi connectivity index (χ2v) is 11.2. The number of thiazole rings is 1. The van der Waals surface area contributed by atoms with Crippen LogP contribution in [0.4, 0.5) is 0 Å². The van der Waals surface area contributed by atoms with Crippen LogP contribution in [0.1, 0.15) is 47.0 Å². The van der Waals surface area contributed by atoms with E-state index in [2.05, 4.69) is 43.0 Å². The lowest BCUT2D eigenvalue weighted by Gasteiger charge is -2.06. The van der Waals surface area contributed by atoms with E-state index in [-0.39, 0.29) is 5.69 Å². The lowest BCUT2D eigenvalue weighted by Crippen LogP contribution is -2.09. The predicted molar refractivity (Wildman–Crippen MR) is 135 cm³/mol. The molecule has 8 heteroatoms. The van der Waals surface area contributed by atoms with Crippen molar-refractivity contribution < 1.29 is 9.90 Å². The van der Waals surface area contributed by atoms with Gasteiger partial charge in [-0.25, -0.2) is 9.78 Å². The standard InChI is InChI=1S/C25H26N4O2S2/c1-13(2)32-24-21(18-9-7-8-14(3)10-18)27-25(33-24)29-22(23(30)31)20(17(6)28-29)19-11-15(4)26-16(5)12-19/h7-13H,1-6H3,(H,30,31). The highest BCUT2D eigenvalue weighted by molar-refractivity contribution is 8.01. The van der Waals surface area contributed by atoms with Crippen molar-refractivity contribution >= 4 is 29.1 Å². The van der Waals surface area contributed by atoms with Gasteiger partial charge in [0, 0.05) is 27.8 Å². The number of hydrogen-bond acceptors (Lipinski definition) is 6. The van der Waals surface area contributed by atoms with E-state index in [9.17, 15) is 9.90 Å². The van der Waals surface area contributed by atoms with Crippen LogP contribution in [0.3, 0.4) is 0 Å². The van der Waals surface area contributed by atoms with E-state index in [0.717, 1.165) is 38.0 Å². The number of aromatic carboxylic acids is 1. The number of aryl methyl sites for hydroxylation is 4. The van der Waals surface area contributed by atoms with Crippen molar-refractivity contribution in [1.29, 1.82) is 0 Å². The Morgan fingerprint density at radius 3 is 2.33 bits per heavy atom. The van der Waals surface area contributed by atoms with Crippen molar-refractivity contribution in [3.63, 3.8) is 0 Å². The second-order valence-electron chi connectivity index (χ2n) is 8.33. The fourth-order valence-corrected chi connectivity index (χ4v) is 6.32. The molecule has 0 aliphatic rings. The van der Waals surface area contributed by atoms with E-state index in [0.29, 0.717) is 21.6 Å². The Bertz CT molecular complexity index is 1330. The zero-order valence-electron chi connectivity index (χ0n) is 19.5. The average Bonchev–Trinajstić information content (AvgIpc) is 3.27. The number of rotatable bonds is 6. The summed E-state index contributed by atoms with van der Waals surface area (Å²) in [6.45, 7) is 12.0. The normalized spacial score (nSPS) is 11.4. The van der Waals surface area contributed by atoms with Crippen molar-refractivity contribution in [1.82, 2.24) is 19.7 Å². The van der Waals surface area contributed by atoms with E-state index >= 15 is 0 Å². The summed E-state index contributed by atoms with van der Waals surface area (Å²) in [5.41, 5.74) is 6.84. The SMILES string of the molecule is Cc1cccc(-c2nc(-n3nc(C)c(-c4cc(C)nc(C)c4)c3C(=O)O)sc2SC(C)C)c1. The van der Waals surface area contributed by atoms with Crippen LogP contribution in [0.25, 0.3) is 27.5 Å². The molecular weight excluding hydrogens is 452 g/mol. The van der Waals surface area contributed by atoms with Gasteiger partial charge in [0.2, 0.25) is 5.13 Å². The Hall–Kier alpha value is -2.97. The van der Waals surface area contributed by atoms with Crippen LogP contribution < -0.4 is 0 Å². The van der Waals surface area contributed by atoms with Crippen LogP contribution >= 0.6 is 23.1 Å². The Labute approximate surface area is 201 Å². The number of carboxylic acids is 1. The van der Waals surface area contributed by atoms with Gasteiger partial charge in [-0.05, 0) is 51.5 Å². The monoisotopic (exact) mass is 478 g/mol. The van der Waals surface area contributed by atoms with Crippen LogP contribution in [0, 0.1) is 27.7 Å². The molecule has 0 aliphatic heterocycles. The van der Waals surface area contributed by atoms with Crippen molar-refractivity contribution in [3.8, 4) is 27.5 Å². The summed E-state index contributed by atoms with van der Waals surface area (Å²) in [5.74, 6) is -1.04. The topological polar surface area (TPSA) is 80.9 Å². The minimum atomic E-state index is -1.04. The molecule has 0 amide bonds. The third-order valence-corrected chi connectivity index (χ3v) is 7.28. The van der Waals surface area contributed by atoms with Crippen LogP contribution in [0.15, 0.2) is 40.6 Å². The molecule has 0 bridgehead atoms. The molecule has 1 aromatic carbocycles. The van der Waals surface area contributed by atoms with Gasteiger partial charge in [0.15, 0.2) is 5.69 Å². The Morgan fingerprint density at radius 2 is 1.73 bits per heavy atom.